The second-order valence-electron chi connectivity index (χ2n) is 10.7. The van der Waals surface area contributed by atoms with Crippen molar-refractivity contribution >= 4 is 17.5 Å². The normalized spacial score (nSPS) is 15.7. The lowest BCUT2D eigenvalue weighted by molar-refractivity contribution is -0.118. The molecule has 1 heterocycles. The molecule has 0 unspecified atom stereocenters. The van der Waals surface area contributed by atoms with Crippen LogP contribution in [0, 0.1) is 12.8 Å². The Balaban J connectivity index is 1.30. The number of anilines is 1. The lowest BCUT2D eigenvalue weighted by Gasteiger charge is -2.18. The molecule has 1 fully saturated rings. The summed E-state index contributed by atoms with van der Waals surface area (Å²) in [5.74, 6) is 1.53. The summed E-state index contributed by atoms with van der Waals surface area (Å²) in [6.07, 6.45) is 2.29. The van der Waals surface area contributed by atoms with Crippen molar-refractivity contribution < 1.29 is 24.2 Å². The molecular weight excluding hydrogens is 480 g/mol. The Morgan fingerprint density at radius 1 is 0.974 bits per heavy atom. The van der Waals surface area contributed by atoms with Crippen molar-refractivity contribution in [2.75, 3.05) is 18.7 Å². The topological polar surface area (TPSA) is 96.9 Å². The molecule has 5 rings (SSSR count). The molecule has 1 aliphatic carbocycles. The van der Waals surface area contributed by atoms with Gasteiger partial charge in [-0.3, -0.25) is 9.59 Å². The Morgan fingerprint density at radius 3 is 2.39 bits per heavy atom. The number of rotatable bonds is 9. The van der Waals surface area contributed by atoms with Crippen LogP contribution in [0.5, 0.6) is 11.5 Å². The Labute approximate surface area is 223 Å². The van der Waals surface area contributed by atoms with Crippen molar-refractivity contribution in [3.8, 4) is 22.6 Å². The predicted molar refractivity (Wildman–Crippen MR) is 147 cm³/mol. The molecule has 0 radical (unpaired) electrons. The van der Waals surface area contributed by atoms with E-state index in [1.54, 1.807) is 12.1 Å². The Morgan fingerprint density at radius 2 is 1.71 bits per heavy atom. The fourth-order valence-corrected chi connectivity index (χ4v) is 5.05. The molecule has 1 aliphatic heterocycles. The minimum Gasteiger partial charge on any atom is -0.454 e. The standard InChI is InChI=1S/C31H34N2O5/c1-19(2)14-25(17-34)32-29(35)22-7-5-21(6-8-22)26-16-24(10-4-20(26)3)33-30(36)31(12-13-31)23-9-11-27-28(15-23)38-18-37-27/h4-11,15-16,19,25,34H,12-14,17-18H2,1-3H3,(H,32,35)(H,33,36)/t25-/m0/s1. The number of benzene rings is 3. The Kier molecular flexibility index (Phi) is 7.13. The van der Waals surface area contributed by atoms with Crippen molar-refractivity contribution in [2.45, 2.75) is 51.5 Å². The van der Waals surface area contributed by atoms with E-state index in [4.69, 9.17) is 9.47 Å². The Bertz CT molecular complexity index is 1340. The van der Waals surface area contributed by atoms with Gasteiger partial charge >= 0.3 is 0 Å². The van der Waals surface area contributed by atoms with Crippen molar-refractivity contribution in [3.05, 3.63) is 77.4 Å². The molecule has 3 aromatic carbocycles. The van der Waals surface area contributed by atoms with Crippen molar-refractivity contribution in [1.29, 1.82) is 0 Å². The second kappa shape index (κ2) is 10.5. The van der Waals surface area contributed by atoms with E-state index in [1.165, 1.54) is 0 Å². The highest BCUT2D eigenvalue weighted by Gasteiger charge is 2.51. The third kappa shape index (κ3) is 5.24. The quantitative estimate of drug-likeness (QED) is 0.365. The van der Waals surface area contributed by atoms with E-state index in [1.807, 2.05) is 55.5 Å². The molecule has 38 heavy (non-hydrogen) atoms. The van der Waals surface area contributed by atoms with Gasteiger partial charge in [-0.2, -0.15) is 0 Å². The number of aliphatic hydroxyl groups is 1. The average molecular weight is 515 g/mol. The number of carbonyl (C=O) groups is 2. The van der Waals surface area contributed by atoms with Crippen LogP contribution in [0.2, 0.25) is 0 Å². The zero-order chi connectivity index (χ0) is 26.9. The molecule has 0 bridgehead atoms. The zero-order valence-corrected chi connectivity index (χ0v) is 22.0. The van der Waals surface area contributed by atoms with Gasteiger partial charge in [-0.05, 0) is 90.8 Å². The van der Waals surface area contributed by atoms with Crippen LogP contribution in [0.1, 0.15) is 54.6 Å². The van der Waals surface area contributed by atoms with Crippen LogP contribution in [-0.2, 0) is 10.2 Å². The summed E-state index contributed by atoms with van der Waals surface area (Å²) in [7, 11) is 0. The first-order chi connectivity index (χ1) is 18.3. The van der Waals surface area contributed by atoms with Crippen LogP contribution in [0.15, 0.2) is 60.7 Å². The van der Waals surface area contributed by atoms with Gasteiger partial charge in [-0.1, -0.05) is 38.1 Å². The van der Waals surface area contributed by atoms with Gasteiger partial charge in [-0.25, -0.2) is 0 Å². The molecule has 2 amide bonds. The van der Waals surface area contributed by atoms with E-state index in [-0.39, 0.29) is 31.3 Å². The first-order valence-corrected chi connectivity index (χ1v) is 13.1. The first-order valence-electron chi connectivity index (χ1n) is 13.1. The van der Waals surface area contributed by atoms with Gasteiger partial charge in [0.15, 0.2) is 11.5 Å². The van der Waals surface area contributed by atoms with Crippen molar-refractivity contribution in [3.63, 3.8) is 0 Å². The van der Waals surface area contributed by atoms with Crippen molar-refractivity contribution in [1.82, 2.24) is 5.32 Å². The van der Waals surface area contributed by atoms with Crippen molar-refractivity contribution in [2.24, 2.45) is 5.92 Å². The SMILES string of the molecule is Cc1ccc(NC(=O)C2(c3ccc4c(c3)OCO4)CC2)cc1-c1ccc(C(=O)N[C@H](CO)CC(C)C)cc1. The van der Waals surface area contributed by atoms with E-state index < -0.39 is 5.41 Å². The second-order valence-corrected chi connectivity index (χ2v) is 10.7. The highest BCUT2D eigenvalue weighted by atomic mass is 16.7. The fourth-order valence-electron chi connectivity index (χ4n) is 5.05. The number of hydrogen-bond acceptors (Lipinski definition) is 5. The molecule has 7 nitrogen and oxygen atoms in total. The maximum absolute atomic E-state index is 13.4. The van der Waals surface area contributed by atoms with E-state index in [0.717, 1.165) is 40.8 Å². The number of aliphatic hydroxyl groups excluding tert-OH is 1. The zero-order valence-electron chi connectivity index (χ0n) is 22.0. The number of aryl methyl sites for hydroxylation is 1. The predicted octanol–water partition coefficient (Wildman–Crippen LogP) is 5.20. The fraction of sp³-hybridized carbons (Fsp3) is 0.355. The smallest absolute Gasteiger partial charge is 0.251 e. The summed E-state index contributed by atoms with van der Waals surface area (Å²) in [6.45, 7) is 6.26. The number of fused-ring (bicyclic) bond motifs is 1. The van der Waals surface area contributed by atoms with E-state index in [9.17, 15) is 14.7 Å². The van der Waals surface area contributed by atoms with Gasteiger partial charge < -0.3 is 25.2 Å². The lowest BCUT2D eigenvalue weighted by Crippen LogP contribution is -2.38. The third-order valence-corrected chi connectivity index (χ3v) is 7.37. The van der Waals surface area contributed by atoms with Gasteiger partial charge in [0.2, 0.25) is 12.7 Å². The molecule has 198 valence electrons. The van der Waals surface area contributed by atoms with Crippen LogP contribution in [-0.4, -0.2) is 36.4 Å². The van der Waals surface area contributed by atoms with E-state index in [2.05, 4.69) is 24.5 Å². The molecule has 3 N–H and O–H groups in total. The maximum Gasteiger partial charge on any atom is 0.251 e. The molecule has 7 heteroatoms. The monoisotopic (exact) mass is 514 g/mol. The minimum absolute atomic E-state index is 0.0296. The van der Waals surface area contributed by atoms with Crippen LogP contribution < -0.4 is 20.1 Å². The number of carbonyl (C=O) groups excluding carboxylic acids is 2. The van der Waals surface area contributed by atoms with E-state index in [0.29, 0.717) is 29.4 Å². The van der Waals surface area contributed by atoms with Gasteiger partial charge in [0.05, 0.1) is 18.1 Å². The largest absolute Gasteiger partial charge is 0.454 e. The highest BCUT2D eigenvalue weighted by molar-refractivity contribution is 6.02. The molecule has 0 saturated heterocycles. The molecular formula is C31H34N2O5. The molecule has 2 aliphatic rings. The summed E-state index contributed by atoms with van der Waals surface area (Å²) >= 11 is 0. The summed E-state index contributed by atoms with van der Waals surface area (Å²) in [6, 6.07) is 18.7. The van der Waals surface area contributed by atoms with Crippen LogP contribution >= 0.6 is 0 Å². The summed E-state index contributed by atoms with van der Waals surface area (Å²) in [4.78, 5) is 26.1. The maximum atomic E-state index is 13.4. The van der Waals surface area contributed by atoms with Crippen LogP contribution in [0.3, 0.4) is 0 Å². The first kappa shape index (κ1) is 25.8. The number of ether oxygens (including phenoxy) is 2. The summed E-state index contributed by atoms with van der Waals surface area (Å²) < 4.78 is 10.9. The van der Waals surface area contributed by atoms with Crippen LogP contribution in [0.4, 0.5) is 5.69 Å². The number of hydrogen-bond donors (Lipinski definition) is 3. The third-order valence-electron chi connectivity index (χ3n) is 7.37. The van der Waals surface area contributed by atoms with Gasteiger partial charge in [0.1, 0.15) is 0 Å². The number of nitrogens with one attached hydrogen (secondary N) is 2. The number of amides is 2. The van der Waals surface area contributed by atoms with Gasteiger partial charge in [0.25, 0.3) is 5.91 Å². The molecule has 3 aromatic rings. The lowest BCUT2D eigenvalue weighted by atomic mass is 9.94. The highest BCUT2D eigenvalue weighted by Crippen LogP contribution is 2.51. The molecule has 0 aromatic heterocycles. The summed E-state index contributed by atoms with van der Waals surface area (Å²) in [5, 5.41) is 15.6. The van der Waals surface area contributed by atoms with Gasteiger partial charge in [-0.15, -0.1) is 0 Å². The van der Waals surface area contributed by atoms with Gasteiger partial charge in [0, 0.05) is 11.3 Å². The average Bonchev–Trinajstić information content (AvgIpc) is 3.59. The summed E-state index contributed by atoms with van der Waals surface area (Å²) in [5.41, 5.74) is 4.65. The van der Waals surface area contributed by atoms with Crippen LogP contribution in [0.25, 0.3) is 11.1 Å². The van der Waals surface area contributed by atoms with E-state index >= 15 is 0 Å². The minimum atomic E-state index is -0.553. The molecule has 1 saturated carbocycles. The molecule has 0 spiro atoms. The Hall–Kier alpha value is -3.84. The molecule has 1 atom stereocenters.